The SMILES string of the molecule is COc1cc(/C=C2/SC(=O)N(Cc3ccc(Br)cc3)C2=O)ccc1Oc1ccc([N+](=O)[O-])cn1. The van der Waals surface area contributed by atoms with Crippen LogP contribution in [0.4, 0.5) is 10.5 Å². The number of methoxy groups -OCH3 is 1. The summed E-state index contributed by atoms with van der Waals surface area (Å²) < 4.78 is 12.0. The quantitative estimate of drug-likeness (QED) is 0.210. The Morgan fingerprint density at radius 3 is 2.53 bits per heavy atom. The standard InChI is InChI=1S/C23H16BrN3O6S/c1-32-19-10-15(4-8-18(19)33-21-9-7-17(12-25-21)27(30)31)11-20-22(28)26(23(29)34-20)13-14-2-5-16(24)6-3-14/h2-12H,13H2,1H3/b20-11+. The topological polar surface area (TPSA) is 112 Å². The molecule has 0 radical (unpaired) electrons. The van der Waals surface area contributed by atoms with Crippen molar-refractivity contribution in [3.05, 3.63) is 91.4 Å². The third kappa shape index (κ3) is 5.26. The van der Waals surface area contributed by atoms with E-state index in [1.165, 1.54) is 24.1 Å². The van der Waals surface area contributed by atoms with Gasteiger partial charge < -0.3 is 9.47 Å². The Labute approximate surface area is 206 Å². The number of halogens is 1. The first-order valence-electron chi connectivity index (χ1n) is 9.80. The minimum atomic E-state index is -0.549. The molecule has 0 saturated carbocycles. The average molecular weight is 542 g/mol. The van der Waals surface area contributed by atoms with E-state index in [-0.39, 0.29) is 29.3 Å². The van der Waals surface area contributed by atoms with Crippen LogP contribution in [0.1, 0.15) is 11.1 Å². The Hall–Kier alpha value is -3.70. The van der Waals surface area contributed by atoms with Crippen molar-refractivity contribution in [3.8, 4) is 17.4 Å². The molecule has 11 heteroatoms. The maximum atomic E-state index is 12.8. The summed E-state index contributed by atoms with van der Waals surface area (Å²) in [7, 11) is 1.46. The fourth-order valence-electron chi connectivity index (χ4n) is 3.07. The van der Waals surface area contributed by atoms with E-state index in [1.807, 2.05) is 24.3 Å². The van der Waals surface area contributed by atoms with Crippen LogP contribution in [0.25, 0.3) is 6.08 Å². The number of ether oxygens (including phenoxy) is 2. The lowest BCUT2D eigenvalue weighted by molar-refractivity contribution is -0.385. The zero-order valence-corrected chi connectivity index (χ0v) is 20.0. The largest absolute Gasteiger partial charge is 0.493 e. The molecule has 4 rings (SSSR count). The molecule has 0 aliphatic carbocycles. The van der Waals surface area contributed by atoms with Crippen LogP contribution in [0.5, 0.6) is 17.4 Å². The molecule has 1 aliphatic heterocycles. The first kappa shape index (κ1) is 23.5. The molecular weight excluding hydrogens is 526 g/mol. The first-order chi connectivity index (χ1) is 16.3. The van der Waals surface area contributed by atoms with Crippen LogP contribution in [0.15, 0.2) is 70.2 Å². The van der Waals surface area contributed by atoms with Crippen molar-refractivity contribution < 1.29 is 24.0 Å². The molecule has 172 valence electrons. The molecular formula is C23H16BrN3O6S. The van der Waals surface area contributed by atoms with Gasteiger partial charge >= 0.3 is 0 Å². The highest BCUT2D eigenvalue weighted by atomic mass is 79.9. The van der Waals surface area contributed by atoms with Crippen molar-refractivity contribution >= 4 is 50.6 Å². The summed E-state index contributed by atoms with van der Waals surface area (Å²) in [5.41, 5.74) is 1.33. The number of rotatable bonds is 7. The minimum absolute atomic E-state index is 0.149. The van der Waals surface area contributed by atoms with Crippen molar-refractivity contribution in [1.29, 1.82) is 0 Å². The lowest BCUT2D eigenvalue weighted by Crippen LogP contribution is -2.27. The molecule has 0 N–H and O–H groups in total. The Morgan fingerprint density at radius 1 is 1.12 bits per heavy atom. The van der Waals surface area contributed by atoms with Crippen LogP contribution in [-0.4, -0.2) is 33.1 Å². The van der Waals surface area contributed by atoms with Crippen molar-refractivity contribution in [3.63, 3.8) is 0 Å². The second-order valence-electron chi connectivity index (χ2n) is 7.02. The van der Waals surface area contributed by atoms with E-state index in [9.17, 15) is 19.7 Å². The summed E-state index contributed by atoms with van der Waals surface area (Å²) in [4.78, 5) is 40.9. The van der Waals surface area contributed by atoms with Crippen LogP contribution in [0, 0.1) is 10.1 Å². The second-order valence-corrected chi connectivity index (χ2v) is 8.93. The third-order valence-corrected chi connectivity index (χ3v) is 6.20. The number of carbonyl (C=O) groups is 2. The van der Waals surface area contributed by atoms with Crippen LogP contribution < -0.4 is 9.47 Å². The van der Waals surface area contributed by atoms with Gasteiger partial charge in [-0.15, -0.1) is 0 Å². The number of nitrogens with zero attached hydrogens (tertiary/aromatic N) is 3. The van der Waals surface area contributed by atoms with E-state index in [1.54, 1.807) is 24.3 Å². The number of hydrogen-bond acceptors (Lipinski definition) is 8. The van der Waals surface area contributed by atoms with E-state index >= 15 is 0 Å². The van der Waals surface area contributed by atoms with Gasteiger partial charge in [0.2, 0.25) is 5.88 Å². The smallest absolute Gasteiger partial charge is 0.293 e. The van der Waals surface area contributed by atoms with E-state index in [0.717, 1.165) is 28.0 Å². The summed E-state index contributed by atoms with van der Waals surface area (Å²) in [5, 5.41) is 10.4. The van der Waals surface area contributed by atoms with Gasteiger partial charge in [0.15, 0.2) is 11.5 Å². The van der Waals surface area contributed by atoms with Gasteiger partial charge in [-0.25, -0.2) is 4.98 Å². The molecule has 2 aromatic carbocycles. The van der Waals surface area contributed by atoms with Gasteiger partial charge in [-0.05, 0) is 53.2 Å². The molecule has 3 aromatic rings. The van der Waals surface area contributed by atoms with Gasteiger partial charge in [0.05, 0.1) is 23.5 Å². The Kier molecular flexibility index (Phi) is 6.94. The number of imide groups is 1. The van der Waals surface area contributed by atoms with Gasteiger partial charge in [0, 0.05) is 16.6 Å². The van der Waals surface area contributed by atoms with Gasteiger partial charge in [-0.1, -0.05) is 34.1 Å². The number of carbonyl (C=O) groups excluding carboxylic acids is 2. The number of aromatic nitrogens is 1. The average Bonchev–Trinajstić information content (AvgIpc) is 3.09. The number of amides is 2. The Morgan fingerprint density at radius 2 is 1.88 bits per heavy atom. The highest BCUT2D eigenvalue weighted by Crippen LogP contribution is 2.36. The van der Waals surface area contributed by atoms with Crippen LogP contribution in [-0.2, 0) is 11.3 Å². The van der Waals surface area contributed by atoms with Crippen molar-refractivity contribution in [1.82, 2.24) is 9.88 Å². The molecule has 2 amide bonds. The number of benzene rings is 2. The van der Waals surface area contributed by atoms with Crippen molar-refractivity contribution in [2.24, 2.45) is 0 Å². The van der Waals surface area contributed by atoms with Gasteiger partial charge in [-0.3, -0.25) is 24.6 Å². The lowest BCUT2D eigenvalue weighted by Gasteiger charge is -2.12. The van der Waals surface area contributed by atoms with E-state index in [2.05, 4.69) is 20.9 Å². The summed E-state index contributed by atoms with van der Waals surface area (Å²) in [6.07, 6.45) is 2.71. The molecule has 0 atom stereocenters. The molecule has 0 spiro atoms. The van der Waals surface area contributed by atoms with E-state index < -0.39 is 4.92 Å². The molecule has 1 fully saturated rings. The summed E-state index contributed by atoms with van der Waals surface area (Å²) >= 11 is 4.24. The second kappa shape index (κ2) is 10.1. The summed E-state index contributed by atoms with van der Waals surface area (Å²) in [6, 6.07) is 15.1. The Bertz CT molecular complexity index is 1300. The predicted octanol–water partition coefficient (Wildman–Crippen LogP) is 5.79. The number of hydrogen-bond donors (Lipinski definition) is 0. The highest BCUT2D eigenvalue weighted by Gasteiger charge is 2.35. The fourth-order valence-corrected chi connectivity index (χ4v) is 4.17. The zero-order chi connectivity index (χ0) is 24.2. The maximum absolute atomic E-state index is 12.8. The van der Waals surface area contributed by atoms with Gasteiger partial charge in [0.1, 0.15) is 6.20 Å². The molecule has 9 nitrogen and oxygen atoms in total. The normalized spacial score (nSPS) is 14.5. The molecule has 1 aliphatic rings. The Balaban J connectivity index is 1.51. The predicted molar refractivity (Wildman–Crippen MR) is 130 cm³/mol. The maximum Gasteiger partial charge on any atom is 0.293 e. The fraction of sp³-hybridized carbons (Fsp3) is 0.0870. The molecule has 0 bridgehead atoms. The lowest BCUT2D eigenvalue weighted by atomic mass is 10.1. The number of thioether (sulfide) groups is 1. The summed E-state index contributed by atoms with van der Waals surface area (Å²) in [5.74, 6) is 0.491. The highest BCUT2D eigenvalue weighted by molar-refractivity contribution is 9.10. The minimum Gasteiger partial charge on any atom is -0.493 e. The van der Waals surface area contributed by atoms with Gasteiger partial charge in [-0.2, -0.15) is 0 Å². The van der Waals surface area contributed by atoms with Crippen molar-refractivity contribution in [2.75, 3.05) is 7.11 Å². The summed E-state index contributed by atoms with van der Waals surface area (Å²) in [6.45, 7) is 0.188. The third-order valence-electron chi connectivity index (χ3n) is 4.76. The first-order valence-corrected chi connectivity index (χ1v) is 11.4. The molecule has 1 saturated heterocycles. The zero-order valence-electron chi connectivity index (χ0n) is 17.6. The molecule has 2 heterocycles. The monoisotopic (exact) mass is 541 g/mol. The van der Waals surface area contributed by atoms with Crippen molar-refractivity contribution in [2.45, 2.75) is 6.54 Å². The van der Waals surface area contributed by atoms with E-state index in [4.69, 9.17) is 9.47 Å². The molecule has 34 heavy (non-hydrogen) atoms. The van der Waals surface area contributed by atoms with Crippen LogP contribution in [0.2, 0.25) is 0 Å². The number of nitro groups is 1. The number of pyridine rings is 1. The molecule has 0 unspecified atom stereocenters. The molecule has 1 aromatic heterocycles. The van der Waals surface area contributed by atoms with Crippen LogP contribution in [0.3, 0.4) is 0 Å². The van der Waals surface area contributed by atoms with E-state index in [0.29, 0.717) is 22.0 Å². The van der Waals surface area contributed by atoms with Gasteiger partial charge in [0.25, 0.3) is 16.8 Å². The van der Waals surface area contributed by atoms with Crippen LogP contribution >= 0.6 is 27.7 Å².